The molecule has 7 rings (SSSR count). The topological polar surface area (TPSA) is 66.9 Å². The lowest BCUT2D eigenvalue weighted by Crippen LogP contribution is -2.17. The Morgan fingerprint density at radius 2 is 1.80 bits per heavy atom. The van der Waals surface area contributed by atoms with E-state index in [-0.39, 0.29) is 6.17 Å². The van der Waals surface area contributed by atoms with Gasteiger partial charge in [0.25, 0.3) is 0 Å². The molecule has 0 saturated carbocycles. The van der Waals surface area contributed by atoms with Gasteiger partial charge in [-0.05, 0) is 55.1 Å². The summed E-state index contributed by atoms with van der Waals surface area (Å²) in [5, 5.41) is 6.87. The number of rotatable bonds is 3. The number of hydrogen-bond donors (Lipinski definition) is 1. The quantitative estimate of drug-likeness (QED) is 0.181. The summed E-state index contributed by atoms with van der Waals surface area (Å²) >= 11 is 1.80. The summed E-state index contributed by atoms with van der Waals surface area (Å²) in [5.41, 5.74) is 6.34. The standard InChI is InChI=1S/C31H24N6S.C2H6/c1-3-33-30(32-2)19-15-20(31-34-13-8-14-35-31)17-21(16-19)37-25-11-6-4-9-22(25)24-18-36-27-23-10-5-7-12-26(23)38-29(27)28(24)37;1-2/h3-18,31,34H,1-2H3;1-2H3. The highest BCUT2D eigenvalue weighted by molar-refractivity contribution is 7.26. The first-order chi connectivity index (χ1) is 19.8. The van der Waals surface area contributed by atoms with E-state index in [2.05, 4.69) is 91.6 Å². The molecular weight excluding hydrogens is 512 g/mol. The summed E-state index contributed by atoms with van der Waals surface area (Å²) in [6.45, 7) is 5.91. The second kappa shape index (κ2) is 10.9. The number of thiophene rings is 1. The Bertz CT molecular complexity index is 1990. The summed E-state index contributed by atoms with van der Waals surface area (Å²) < 4.78 is 4.78. The molecule has 4 heterocycles. The van der Waals surface area contributed by atoms with Crippen LogP contribution in [-0.4, -0.2) is 34.9 Å². The van der Waals surface area contributed by atoms with E-state index in [1.165, 1.54) is 20.2 Å². The van der Waals surface area contributed by atoms with Gasteiger partial charge >= 0.3 is 0 Å². The number of para-hydroxylation sites is 1. The van der Waals surface area contributed by atoms with Gasteiger partial charge in [-0.25, -0.2) is 4.99 Å². The average molecular weight is 543 g/mol. The van der Waals surface area contributed by atoms with E-state index in [4.69, 9.17) is 4.98 Å². The number of aliphatic imine (C=N–C) groups is 3. The molecule has 0 spiro atoms. The maximum Gasteiger partial charge on any atom is 0.153 e. The molecule has 1 aliphatic rings. The van der Waals surface area contributed by atoms with Crippen molar-refractivity contribution in [2.45, 2.75) is 26.9 Å². The highest BCUT2D eigenvalue weighted by Crippen LogP contribution is 2.42. The lowest BCUT2D eigenvalue weighted by atomic mass is 10.1. The van der Waals surface area contributed by atoms with Crippen molar-refractivity contribution in [1.29, 1.82) is 0 Å². The van der Waals surface area contributed by atoms with Crippen LogP contribution in [0.5, 0.6) is 0 Å². The second-order valence-electron chi connectivity index (χ2n) is 9.12. The average Bonchev–Trinajstić information content (AvgIpc) is 3.57. The van der Waals surface area contributed by atoms with Crippen molar-refractivity contribution in [1.82, 2.24) is 14.9 Å². The number of amidine groups is 1. The van der Waals surface area contributed by atoms with Crippen LogP contribution < -0.4 is 5.32 Å². The molecular formula is C33H30N6S. The second-order valence-corrected chi connectivity index (χ2v) is 10.2. The molecule has 1 N–H and O–H groups in total. The lowest BCUT2D eigenvalue weighted by molar-refractivity contribution is 0.652. The fourth-order valence-corrected chi connectivity index (χ4v) is 6.52. The van der Waals surface area contributed by atoms with Crippen molar-refractivity contribution in [2.75, 3.05) is 7.05 Å². The van der Waals surface area contributed by atoms with Crippen LogP contribution >= 0.6 is 11.3 Å². The Labute approximate surface area is 237 Å². The normalized spacial score (nSPS) is 15.3. The van der Waals surface area contributed by atoms with E-state index < -0.39 is 0 Å². The third-order valence-corrected chi connectivity index (χ3v) is 8.09. The van der Waals surface area contributed by atoms with Crippen molar-refractivity contribution >= 4 is 71.7 Å². The van der Waals surface area contributed by atoms with Crippen molar-refractivity contribution in [3.8, 4) is 5.69 Å². The molecule has 1 unspecified atom stereocenters. The molecule has 3 aromatic heterocycles. The predicted octanol–water partition coefficient (Wildman–Crippen LogP) is 8.23. The van der Waals surface area contributed by atoms with Crippen LogP contribution in [0.4, 0.5) is 0 Å². The largest absolute Gasteiger partial charge is 0.366 e. The van der Waals surface area contributed by atoms with Crippen molar-refractivity contribution < 1.29 is 0 Å². The van der Waals surface area contributed by atoms with Gasteiger partial charge in [-0.1, -0.05) is 50.2 Å². The molecule has 3 aromatic carbocycles. The molecule has 40 heavy (non-hydrogen) atoms. The van der Waals surface area contributed by atoms with Crippen LogP contribution in [0.3, 0.4) is 0 Å². The third-order valence-electron chi connectivity index (χ3n) is 6.93. The van der Waals surface area contributed by atoms with Gasteiger partial charge in [0, 0.05) is 57.8 Å². The fourth-order valence-electron chi connectivity index (χ4n) is 5.32. The van der Waals surface area contributed by atoms with Gasteiger partial charge < -0.3 is 9.88 Å². The zero-order valence-electron chi connectivity index (χ0n) is 23.0. The van der Waals surface area contributed by atoms with Gasteiger partial charge in [0.2, 0.25) is 0 Å². The van der Waals surface area contributed by atoms with Crippen LogP contribution in [-0.2, 0) is 0 Å². The maximum atomic E-state index is 4.95. The van der Waals surface area contributed by atoms with Crippen molar-refractivity contribution in [3.05, 3.63) is 96.3 Å². The predicted molar refractivity (Wildman–Crippen MR) is 173 cm³/mol. The Hall–Kier alpha value is -4.62. The molecule has 0 aliphatic carbocycles. The Morgan fingerprint density at radius 1 is 1.00 bits per heavy atom. The summed E-state index contributed by atoms with van der Waals surface area (Å²) in [6.07, 6.45) is 9.27. The Morgan fingerprint density at radius 3 is 2.58 bits per heavy atom. The molecule has 7 heteroatoms. The van der Waals surface area contributed by atoms with Gasteiger partial charge in [0.15, 0.2) is 5.84 Å². The summed E-state index contributed by atoms with van der Waals surface area (Å²) in [7, 11) is 1.78. The van der Waals surface area contributed by atoms with Crippen LogP contribution in [0.2, 0.25) is 0 Å². The molecule has 0 bridgehead atoms. The van der Waals surface area contributed by atoms with Crippen LogP contribution in [0, 0.1) is 0 Å². The summed E-state index contributed by atoms with van der Waals surface area (Å²) in [6, 6.07) is 23.6. The third kappa shape index (κ3) is 4.19. The number of pyridine rings is 1. The van der Waals surface area contributed by atoms with E-state index >= 15 is 0 Å². The zero-order valence-corrected chi connectivity index (χ0v) is 23.8. The monoisotopic (exact) mass is 542 g/mol. The number of hydrogen-bond acceptors (Lipinski definition) is 5. The summed E-state index contributed by atoms with van der Waals surface area (Å²) in [5.74, 6) is 0.681. The van der Waals surface area contributed by atoms with E-state index in [0.29, 0.717) is 5.84 Å². The van der Waals surface area contributed by atoms with E-state index in [0.717, 1.165) is 38.8 Å². The fraction of sp³-hybridized carbons (Fsp3) is 0.152. The van der Waals surface area contributed by atoms with Gasteiger partial charge in [0.05, 0.1) is 21.3 Å². The van der Waals surface area contributed by atoms with Crippen LogP contribution in [0.1, 0.15) is 38.1 Å². The smallest absolute Gasteiger partial charge is 0.153 e. The number of benzene rings is 3. The van der Waals surface area contributed by atoms with Crippen molar-refractivity contribution in [2.24, 2.45) is 15.0 Å². The van der Waals surface area contributed by atoms with Gasteiger partial charge in [-0.3, -0.25) is 15.0 Å². The molecule has 0 amide bonds. The minimum atomic E-state index is -0.193. The first kappa shape index (κ1) is 25.6. The Balaban J connectivity index is 0.00000142. The number of fused-ring (bicyclic) bond motifs is 7. The number of aromatic nitrogens is 2. The lowest BCUT2D eigenvalue weighted by Gasteiger charge is -2.19. The molecule has 0 fully saturated rings. The highest BCUT2D eigenvalue weighted by atomic mass is 32.1. The van der Waals surface area contributed by atoms with E-state index in [9.17, 15) is 0 Å². The SMILES string of the molecule is CC.CC=NC(=NC)c1cc(C2N=CC=CN2)cc(-n2c3ccccc3c3cnc4c5ccccc5sc4c32)c1. The highest BCUT2D eigenvalue weighted by Gasteiger charge is 2.21. The molecule has 198 valence electrons. The van der Waals surface area contributed by atoms with Gasteiger partial charge in [0.1, 0.15) is 6.17 Å². The number of nitrogens with one attached hydrogen (secondary N) is 1. The van der Waals surface area contributed by atoms with Gasteiger partial charge in [-0.15, -0.1) is 11.3 Å². The van der Waals surface area contributed by atoms with E-state index in [1.54, 1.807) is 24.6 Å². The molecule has 1 atom stereocenters. The van der Waals surface area contributed by atoms with Crippen LogP contribution in [0.25, 0.3) is 47.8 Å². The maximum absolute atomic E-state index is 4.95. The van der Waals surface area contributed by atoms with Crippen molar-refractivity contribution in [3.63, 3.8) is 0 Å². The first-order valence-corrected chi connectivity index (χ1v) is 14.3. The summed E-state index contributed by atoms with van der Waals surface area (Å²) in [4.78, 5) is 18.7. The minimum absolute atomic E-state index is 0.193. The van der Waals surface area contributed by atoms with E-state index in [1.807, 2.05) is 45.5 Å². The molecule has 0 radical (unpaired) electrons. The Kier molecular flexibility index (Phi) is 6.97. The molecule has 1 aliphatic heterocycles. The number of nitrogens with zero attached hydrogens (tertiary/aromatic N) is 5. The first-order valence-electron chi connectivity index (χ1n) is 13.5. The van der Waals surface area contributed by atoms with Gasteiger partial charge in [-0.2, -0.15) is 0 Å². The zero-order chi connectivity index (χ0) is 27.6. The van der Waals surface area contributed by atoms with Crippen LogP contribution in [0.15, 0.2) is 100 Å². The molecule has 6 nitrogen and oxygen atoms in total. The number of allylic oxidation sites excluding steroid dienone is 1. The molecule has 0 saturated heterocycles. The molecule has 6 aromatic rings. The minimum Gasteiger partial charge on any atom is -0.366 e.